The second-order valence-corrected chi connectivity index (χ2v) is 7.99. The number of rotatable bonds is 14. The standard InChI is InChI=1S/C20H40N2O2/c1-16(2)8-7-9-19(23)11-14-22(18(5)6)15-12-20(24)21-13-10-17(3)4/h16-18H,7-15H2,1-6H3,(H,21,24). The van der Waals surface area contributed by atoms with Crippen LogP contribution < -0.4 is 5.32 Å². The topological polar surface area (TPSA) is 49.4 Å². The van der Waals surface area contributed by atoms with Crippen molar-refractivity contribution in [3.8, 4) is 0 Å². The molecule has 4 nitrogen and oxygen atoms in total. The fourth-order valence-electron chi connectivity index (χ4n) is 2.56. The molecule has 0 spiro atoms. The number of hydrogen-bond donors (Lipinski definition) is 1. The number of ketones is 1. The molecule has 0 aromatic carbocycles. The van der Waals surface area contributed by atoms with E-state index in [1.165, 1.54) is 0 Å². The van der Waals surface area contributed by atoms with E-state index in [-0.39, 0.29) is 5.91 Å². The molecule has 0 aliphatic rings. The van der Waals surface area contributed by atoms with E-state index in [2.05, 4.69) is 51.8 Å². The zero-order valence-corrected chi connectivity index (χ0v) is 16.9. The minimum Gasteiger partial charge on any atom is -0.356 e. The van der Waals surface area contributed by atoms with Crippen molar-refractivity contribution in [3.63, 3.8) is 0 Å². The zero-order valence-electron chi connectivity index (χ0n) is 16.9. The predicted molar refractivity (Wildman–Crippen MR) is 102 cm³/mol. The molecule has 1 amide bonds. The van der Waals surface area contributed by atoms with Crippen molar-refractivity contribution in [1.29, 1.82) is 0 Å². The normalized spacial score (nSPS) is 11.8. The fraction of sp³-hybridized carbons (Fsp3) is 0.900. The number of nitrogens with zero attached hydrogens (tertiary/aromatic N) is 1. The molecule has 1 N–H and O–H groups in total. The Labute approximate surface area is 149 Å². The first-order valence-electron chi connectivity index (χ1n) is 9.74. The Hall–Kier alpha value is -0.900. The summed E-state index contributed by atoms with van der Waals surface area (Å²) >= 11 is 0. The van der Waals surface area contributed by atoms with Gasteiger partial charge in [0.2, 0.25) is 5.91 Å². The fourth-order valence-corrected chi connectivity index (χ4v) is 2.56. The summed E-state index contributed by atoms with van der Waals surface area (Å²) in [4.78, 5) is 26.1. The minimum atomic E-state index is 0.115. The van der Waals surface area contributed by atoms with Crippen molar-refractivity contribution >= 4 is 11.7 Å². The molecule has 0 aliphatic heterocycles. The van der Waals surface area contributed by atoms with Crippen LogP contribution >= 0.6 is 0 Å². The summed E-state index contributed by atoms with van der Waals surface area (Å²) in [6.45, 7) is 15.2. The van der Waals surface area contributed by atoms with Gasteiger partial charge in [-0.05, 0) is 38.5 Å². The smallest absolute Gasteiger partial charge is 0.221 e. The average Bonchev–Trinajstić information content (AvgIpc) is 2.45. The van der Waals surface area contributed by atoms with E-state index in [0.717, 1.165) is 38.9 Å². The number of carbonyl (C=O) groups is 2. The van der Waals surface area contributed by atoms with Gasteiger partial charge in [-0.2, -0.15) is 0 Å². The molecule has 0 rings (SSSR count). The summed E-state index contributed by atoms with van der Waals surface area (Å²) in [5, 5.41) is 2.98. The number of Topliss-reactive ketones (excluding diaryl/α,β-unsaturated/α-hetero) is 1. The highest BCUT2D eigenvalue weighted by molar-refractivity contribution is 5.78. The SMILES string of the molecule is CC(C)CCCC(=O)CCN(CCC(=O)NCCC(C)C)C(C)C. The Morgan fingerprint density at radius 1 is 0.833 bits per heavy atom. The van der Waals surface area contributed by atoms with E-state index in [4.69, 9.17) is 0 Å². The molecule has 0 aliphatic carbocycles. The van der Waals surface area contributed by atoms with Gasteiger partial charge < -0.3 is 5.32 Å². The van der Waals surface area contributed by atoms with Crippen molar-refractivity contribution in [2.75, 3.05) is 19.6 Å². The Balaban J connectivity index is 4.00. The molecular formula is C20H40N2O2. The molecule has 0 radical (unpaired) electrons. The number of amides is 1. The summed E-state index contributed by atoms with van der Waals surface area (Å²) in [7, 11) is 0. The van der Waals surface area contributed by atoms with Crippen LogP contribution in [0.2, 0.25) is 0 Å². The minimum absolute atomic E-state index is 0.115. The lowest BCUT2D eigenvalue weighted by molar-refractivity contribution is -0.121. The van der Waals surface area contributed by atoms with E-state index in [0.29, 0.717) is 42.9 Å². The third-order valence-electron chi connectivity index (χ3n) is 4.32. The lowest BCUT2D eigenvalue weighted by atomic mass is 10.0. The van der Waals surface area contributed by atoms with E-state index in [1.54, 1.807) is 0 Å². The van der Waals surface area contributed by atoms with Gasteiger partial charge >= 0.3 is 0 Å². The maximum Gasteiger partial charge on any atom is 0.221 e. The van der Waals surface area contributed by atoms with Gasteiger partial charge in [-0.25, -0.2) is 0 Å². The Kier molecular flexibility index (Phi) is 12.9. The van der Waals surface area contributed by atoms with E-state index in [1.807, 2.05) is 0 Å². The second-order valence-electron chi connectivity index (χ2n) is 7.99. The maximum atomic E-state index is 12.0. The summed E-state index contributed by atoms with van der Waals surface area (Å²) in [5.41, 5.74) is 0. The van der Waals surface area contributed by atoms with Crippen molar-refractivity contribution in [2.24, 2.45) is 11.8 Å². The molecule has 4 heteroatoms. The summed E-state index contributed by atoms with van der Waals surface area (Å²) in [6, 6.07) is 0.358. The molecule has 0 aromatic heterocycles. The van der Waals surface area contributed by atoms with E-state index >= 15 is 0 Å². The molecule has 0 heterocycles. The van der Waals surface area contributed by atoms with Gasteiger partial charge in [0.05, 0.1) is 0 Å². The molecular weight excluding hydrogens is 300 g/mol. The Morgan fingerprint density at radius 2 is 1.42 bits per heavy atom. The zero-order chi connectivity index (χ0) is 18.5. The van der Waals surface area contributed by atoms with Crippen molar-refractivity contribution in [2.45, 2.75) is 86.1 Å². The molecule has 24 heavy (non-hydrogen) atoms. The summed E-state index contributed by atoms with van der Waals surface area (Å²) < 4.78 is 0. The van der Waals surface area contributed by atoms with Crippen LogP contribution in [0.1, 0.15) is 80.1 Å². The highest BCUT2D eigenvalue weighted by Gasteiger charge is 2.13. The van der Waals surface area contributed by atoms with Gasteiger partial charge in [-0.3, -0.25) is 14.5 Å². The van der Waals surface area contributed by atoms with Gasteiger partial charge in [0.1, 0.15) is 5.78 Å². The van der Waals surface area contributed by atoms with Crippen LogP contribution in [0.15, 0.2) is 0 Å². The molecule has 0 saturated heterocycles. The molecule has 142 valence electrons. The van der Waals surface area contributed by atoms with Crippen molar-refractivity contribution in [1.82, 2.24) is 10.2 Å². The van der Waals surface area contributed by atoms with Crippen LogP contribution in [0, 0.1) is 11.8 Å². The van der Waals surface area contributed by atoms with Gasteiger partial charge in [0.15, 0.2) is 0 Å². The second kappa shape index (κ2) is 13.4. The van der Waals surface area contributed by atoms with E-state index < -0.39 is 0 Å². The van der Waals surface area contributed by atoms with Gasteiger partial charge in [0.25, 0.3) is 0 Å². The largest absolute Gasteiger partial charge is 0.356 e. The third kappa shape index (κ3) is 13.5. The van der Waals surface area contributed by atoms with Crippen LogP contribution in [-0.4, -0.2) is 42.3 Å². The molecule has 0 atom stereocenters. The Morgan fingerprint density at radius 3 is 1.96 bits per heavy atom. The predicted octanol–water partition coefficient (Wildman–Crippen LogP) is 4.03. The molecule has 0 unspecified atom stereocenters. The lowest BCUT2D eigenvalue weighted by Gasteiger charge is -2.26. The van der Waals surface area contributed by atoms with Crippen molar-refractivity contribution < 1.29 is 9.59 Å². The summed E-state index contributed by atoms with van der Waals surface area (Å²) in [6.07, 6.45) is 4.94. The first-order chi connectivity index (χ1) is 11.2. The monoisotopic (exact) mass is 340 g/mol. The van der Waals surface area contributed by atoms with E-state index in [9.17, 15) is 9.59 Å². The third-order valence-corrected chi connectivity index (χ3v) is 4.32. The van der Waals surface area contributed by atoms with Crippen molar-refractivity contribution in [3.05, 3.63) is 0 Å². The van der Waals surface area contributed by atoms with Crippen LogP contribution in [0.3, 0.4) is 0 Å². The van der Waals surface area contributed by atoms with Crippen LogP contribution in [0.25, 0.3) is 0 Å². The number of hydrogen-bond acceptors (Lipinski definition) is 3. The molecule has 0 bridgehead atoms. The number of carbonyl (C=O) groups excluding carboxylic acids is 2. The van der Waals surface area contributed by atoms with Crippen LogP contribution in [0.4, 0.5) is 0 Å². The Bertz CT molecular complexity index is 322. The molecule has 0 aromatic rings. The van der Waals surface area contributed by atoms with Gasteiger partial charge in [-0.1, -0.05) is 34.1 Å². The highest BCUT2D eigenvalue weighted by Crippen LogP contribution is 2.09. The lowest BCUT2D eigenvalue weighted by Crippen LogP contribution is -2.37. The average molecular weight is 341 g/mol. The van der Waals surface area contributed by atoms with Gasteiger partial charge in [-0.15, -0.1) is 0 Å². The maximum absolute atomic E-state index is 12.0. The molecule has 0 fully saturated rings. The summed E-state index contributed by atoms with van der Waals surface area (Å²) in [5.74, 6) is 1.74. The number of nitrogens with one attached hydrogen (secondary N) is 1. The first-order valence-corrected chi connectivity index (χ1v) is 9.74. The van der Waals surface area contributed by atoms with Gasteiger partial charge in [0, 0.05) is 44.9 Å². The molecule has 0 saturated carbocycles. The van der Waals surface area contributed by atoms with Crippen LogP contribution in [-0.2, 0) is 9.59 Å². The quantitative estimate of drug-likeness (QED) is 0.519. The van der Waals surface area contributed by atoms with Crippen LogP contribution in [0.5, 0.6) is 0 Å². The highest BCUT2D eigenvalue weighted by atomic mass is 16.1. The first kappa shape index (κ1) is 23.1.